The second-order valence-electron chi connectivity index (χ2n) is 5.20. The van der Waals surface area contributed by atoms with E-state index in [0.29, 0.717) is 5.56 Å². The molecule has 0 N–H and O–H groups in total. The SMILES string of the molecule is CCn1nccc1C=CC(=O)c1ccc(CN(C)C)cc1. The molecule has 2 rings (SSSR count). The van der Waals surface area contributed by atoms with Gasteiger partial charge in [-0.1, -0.05) is 24.3 Å². The lowest BCUT2D eigenvalue weighted by Gasteiger charge is -2.09. The Kier molecular flexibility index (Phi) is 5.06. The van der Waals surface area contributed by atoms with Crippen LogP contribution in [0.5, 0.6) is 0 Å². The molecule has 0 amide bonds. The summed E-state index contributed by atoms with van der Waals surface area (Å²) in [6, 6.07) is 9.65. The summed E-state index contributed by atoms with van der Waals surface area (Å²) < 4.78 is 1.85. The fraction of sp³-hybridized carbons (Fsp3) is 0.294. The molecule has 0 fully saturated rings. The summed E-state index contributed by atoms with van der Waals surface area (Å²) in [4.78, 5) is 14.2. The van der Waals surface area contributed by atoms with Crippen molar-refractivity contribution in [1.29, 1.82) is 0 Å². The van der Waals surface area contributed by atoms with Crippen LogP contribution in [-0.2, 0) is 13.1 Å². The first-order valence-corrected chi connectivity index (χ1v) is 7.08. The van der Waals surface area contributed by atoms with E-state index in [9.17, 15) is 4.79 Å². The number of benzene rings is 1. The van der Waals surface area contributed by atoms with Crippen LogP contribution in [0.15, 0.2) is 42.6 Å². The maximum Gasteiger partial charge on any atom is 0.185 e. The van der Waals surface area contributed by atoms with Crippen LogP contribution in [0, 0.1) is 0 Å². The number of ketones is 1. The number of aryl methyl sites for hydroxylation is 1. The number of allylic oxidation sites excluding steroid dienone is 1. The zero-order valence-electron chi connectivity index (χ0n) is 12.8. The van der Waals surface area contributed by atoms with Gasteiger partial charge in [-0.25, -0.2) is 0 Å². The molecule has 4 heteroatoms. The van der Waals surface area contributed by atoms with Crippen LogP contribution in [0.3, 0.4) is 0 Å². The summed E-state index contributed by atoms with van der Waals surface area (Å²) in [6.07, 6.45) is 5.15. The third kappa shape index (κ3) is 4.13. The third-order valence-corrected chi connectivity index (χ3v) is 3.19. The van der Waals surface area contributed by atoms with Gasteiger partial charge < -0.3 is 4.90 Å². The van der Waals surface area contributed by atoms with Crippen molar-refractivity contribution < 1.29 is 4.79 Å². The summed E-state index contributed by atoms with van der Waals surface area (Å²) >= 11 is 0. The minimum atomic E-state index is 0.00950. The van der Waals surface area contributed by atoms with E-state index in [1.54, 1.807) is 12.3 Å². The van der Waals surface area contributed by atoms with E-state index in [-0.39, 0.29) is 5.78 Å². The van der Waals surface area contributed by atoms with Gasteiger partial charge in [0, 0.05) is 24.8 Å². The predicted molar refractivity (Wildman–Crippen MR) is 85.1 cm³/mol. The van der Waals surface area contributed by atoms with E-state index >= 15 is 0 Å². The molecule has 0 aliphatic heterocycles. The molecule has 0 radical (unpaired) electrons. The number of rotatable bonds is 6. The van der Waals surface area contributed by atoms with Crippen LogP contribution in [0.25, 0.3) is 6.08 Å². The molecule has 1 aromatic carbocycles. The quantitative estimate of drug-likeness (QED) is 0.604. The van der Waals surface area contributed by atoms with Crippen LogP contribution in [0.4, 0.5) is 0 Å². The fourth-order valence-electron chi connectivity index (χ4n) is 2.15. The van der Waals surface area contributed by atoms with Crippen LogP contribution in [0.1, 0.15) is 28.5 Å². The highest BCUT2D eigenvalue weighted by Gasteiger charge is 2.03. The van der Waals surface area contributed by atoms with Crippen molar-refractivity contribution in [3.05, 3.63) is 59.4 Å². The van der Waals surface area contributed by atoms with Crippen molar-refractivity contribution in [2.24, 2.45) is 0 Å². The van der Waals surface area contributed by atoms with Gasteiger partial charge in [0.1, 0.15) is 0 Å². The van der Waals surface area contributed by atoms with Crippen LogP contribution < -0.4 is 0 Å². The molecule has 1 aromatic heterocycles. The van der Waals surface area contributed by atoms with Gasteiger partial charge in [-0.05, 0) is 44.8 Å². The topological polar surface area (TPSA) is 38.1 Å². The summed E-state index contributed by atoms with van der Waals surface area (Å²) in [5.74, 6) is 0.00950. The molecule has 0 aliphatic carbocycles. The van der Waals surface area contributed by atoms with E-state index in [4.69, 9.17) is 0 Å². The van der Waals surface area contributed by atoms with Gasteiger partial charge in [0.25, 0.3) is 0 Å². The van der Waals surface area contributed by atoms with Crippen LogP contribution >= 0.6 is 0 Å². The average molecular weight is 283 g/mol. The second kappa shape index (κ2) is 6.99. The van der Waals surface area contributed by atoms with Crippen molar-refractivity contribution in [1.82, 2.24) is 14.7 Å². The molecule has 0 spiro atoms. The van der Waals surface area contributed by atoms with E-state index in [1.165, 1.54) is 5.56 Å². The number of nitrogens with zero attached hydrogens (tertiary/aromatic N) is 3. The maximum atomic E-state index is 12.1. The number of aromatic nitrogens is 2. The Labute approximate surface area is 125 Å². The Bertz CT molecular complexity index is 624. The van der Waals surface area contributed by atoms with Crippen LogP contribution in [0.2, 0.25) is 0 Å². The van der Waals surface area contributed by atoms with E-state index < -0.39 is 0 Å². The smallest absolute Gasteiger partial charge is 0.185 e. The Morgan fingerprint density at radius 2 is 1.95 bits per heavy atom. The van der Waals surface area contributed by atoms with Crippen molar-refractivity contribution in [3.63, 3.8) is 0 Å². The second-order valence-corrected chi connectivity index (χ2v) is 5.20. The van der Waals surface area contributed by atoms with Gasteiger partial charge in [-0.3, -0.25) is 9.48 Å². The van der Waals surface area contributed by atoms with Gasteiger partial charge in [0.05, 0.1) is 5.69 Å². The number of hydrogen-bond donors (Lipinski definition) is 0. The fourth-order valence-corrected chi connectivity index (χ4v) is 2.15. The van der Waals surface area contributed by atoms with Crippen LogP contribution in [-0.4, -0.2) is 34.6 Å². The molecule has 0 saturated heterocycles. The normalized spacial score (nSPS) is 11.4. The molecule has 0 bridgehead atoms. The standard InChI is InChI=1S/C17H21N3O/c1-4-20-16(11-12-18-20)9-10-17(21)15-7-5-14(6-8-15)13-19(2)3/h5-12H,4,13H2,1-3H3. The number of hydrogen-bond acceptors (Lipinski definition) is 3. The molecular formula is C17H21N3O. The van der Waals surface area contributed by atoms with Gasteiger partial charge >= 0.3 is 0 Å². The lowest BCUT2D eigenvalue weighted by molar-refractivity contribution is 0.104. The Morgan fingerprint density at radius 1 is 1.24 bits per heavy atom. The molecule has 0 unspecified atom stereocenters. The molecule has 4 nitrogen and oxygen atoms in total. The lowest BCUT2D eigenvalue weighted by atomic mass is 10.1. The molecule has 1 heterocycles. The molecule has 0 saturated carbocycles. The van der Waals surface area contributed by atoms with Gasteiger partial charge in [-0.2, -0.15) is 5.10 Å². The van der Waals surface area contributed by atoms with Crippen molar-refractivity contribution >= 4 is 11.9 Å². The lowest BCUT2D eigenvalue weighted by Crippen LogP contribution is -2.10. The Morgan fingerprint density at radius 3 is 2.57 bits per heavy atom. The number of carbonyl (C=O) groups is 1. The zero-order valence-corrected chi connectivity index (χ0v) is 12.8. The molecule has 110 valence electrons. The zero-order chi connectivity index (χ0) is 15.2. The van der Waals surface area contributed by atoms with Crippen molar-refractivity contribution in [3.8, 4) is 0 Å². The molecule has 21 heavy (non-hydrogen) atoms. The van der Waals surface area contributed by atoms with Gasteiger partial charge in [0.2, 0.25) is 0 Å². The molecule has 0 atom stereocenters. The third-order valence-electron chi connectivity index (χ3n) is 3.19. The minimum Gasteiger partial charge on any atom is -0.305 e. The highest BCUT2D eigenvalue weighted by atomic mass is 16.1. The summed E-state index contributed by atoms with van der Waals surface area (Å²) in [7, 11) is 4.05. The summed E-state index contributed by atoms with van der Waals surface area (Å²) in [5.41, 5.74) is 2.84. The van der Waals surface area contributed by atoms with Gasteiger partial charge in [0.15, 0.2) is 5.78 Å². The summed E-state index contributed by atoms with van der Waals surface area (Å²) in [5, 5.41) is 4.17. The van der Waals surface area contributed by atoms with Crippen molar-refractivity contribution in [2.75, 3.05) is 14.1 Å². The van der Waals surface area contributed by atoms with E-state index in [0.717, 1.165) is 18.8 Å². The first-order chi connectivity index (χ1) is 10.1. The molecule has 2 aromatic rings. The van der Waals surface area contributed by atoms with Crippen molar-refractivity contribution in [2.45, 2.75) is 20.0 Å². The summed E-state index contributed by atoms with van der Waals surface area (Å²) in [6.45, 7) is 3.69. The Balaban J connectivity index is 2.06. The molecule has 0 aliphatic rings. The predicted octanol–water partition coefficient (Wildman–Crippen LogP) is 2.86. The highest BCUT2D eigenvalue weighted by Crippen LogP contribution is 2.09. The van der Waals surface area contributed by atoms with Gasteiger partial charge in [-0.15, -0.1) is 0 Å². The number of carbonyl (C=O) groups excluding carboxylic acids is 1. The average Bonchev–Trinajstić information content (AvgIpc) is 2.92. The van der Waals surface area contributed by atoms with E-state index in [2.05, 4.69) is 10.00 Å². The first kappa shape index (κ1) is 15.2. The molecular weight excluding hydrogens is 262 g/mol. The Hall–Kier alpha value is -2.20. The van der Waals surface area contributed by atoms with E-state index in [1.807, 2.05) is 62.1 Å². The maximum absolute atomic E-state index is 12.1. The minimum absolute atomic E-state index is 0.00950. The first-order valence-electron chi connectivity index (χ1n) is 7.08. The monoisotopic (exact) mass is 283 g/mol. The highest BCUT2D eigenvalue weighted by molar-refractivity contribution is 6.06. The largest absolute Gasteiger partial charge is 0.305 e.